The maximum Gasteiger partial charge on any atom is 0.330 e. The number of benzene rings is 1. The average molecular weight is 358 g/mol. The Kier molecular flexibility index (Phi) is 7.43. The van der Waals surface area contributed by atoms with E-state index in [9.17, 15) is 30.1 Å². The molecule has 0 aliphatic heterocycles. The van der Waals surface area contributed by atoms with E-state index >= 15 is 0 Å². The van der Waals surface area contributed by atoms with Crippen LogP contribution in [-0.4, -0.2) is 47.7 Å². The van der Waals surface area contributed by atoms with E-state index in [1.807, 2.05) is 0 Å². The molecule has 1 aromatic carbocycles. The van der Waals surface area contributed by atoms with Crippen molar-refractivity contribution in [3.05, 3.63) is 50.1 Å². The number of rotatable bonds is 10. The maximum absolute atomic E-state index is 11.6. The van der Waals surface area contributed by atoms with Crippen LogP contribution in [0.3, 0.4) is 0 Å². The predicted molar refractivity (Wildman–Crippen MR) is 79.5 cm³/mol. The summed E-state index contributed by atoms with van der Waals surface area (Å²) in [7, 11) is 1.36. The van der Waals surface area contributed by atoms with Gasteiger partial charge in [-0.25, -0.2) is 4.79 Å². The molecular formula is C13H14N2O10. The standard InChI is InChI=1S/C13H14N2O10/c1-22-12-6-9(2-4-11(12)16)3-5-13(17)23-7-10(25-15(20)21)8-24-14(18)19/h2-6,10,16H,7-8H2,1H3. The first kappa shape index (κ1) is 19.5. The van der Waals surface area contributed by atoms with Gasteiger partial charge in [0.1, 0.15) is 13.2 Å². The summed E-state index contributed by atoms with van der Waals surface area (Å²) in [6, 6.07) is 4.33. The molecule has 0 spiro atoms. The molecule has 12 nitrogen and oxygen atoms in total. The largest absolute Gasteiger partial charge is 0.504 e. The van der Waals surface area contributed by atoms with Gasteiger partial charge in [-0.15, -0.1) is 20.2 Å². The third-order valence-corrected chi connectivity index (χ3v) is 2.63. The van der Waals surface area contributed by atoms with Crippen molar-refractivity contribution < 1.29 is 39.2 Å². The number of carbonyl (C=O) groups is 1. The van der Waals surface area contributed by atoms with E-state index < -0.39 is 35.5 Å². The van der Waals surface area contributed by atoms with Gasteiger partial charge in [-0.05, 0) is 23.8 Å². The number of carbonyl (C=O) groups excluding carboxylic acids is 1. The second-order valence-electron chi connectivity index (χ2n) is 4.37. The van der Waals surface area contributed by atoms with Crippen LogP contribution in [0.5, 0.6) is 11.5 Å². The van der Waals surface area contributed by atoms with E-state index in [0.717, 1.165) is 6.08 Å². The molecule has 0 saturated heterocycles. The van der Waals surface area contributed by atoms with Gasteiger partial charge in [0.25, 0.3) is 10.2 Å². The Morgan fingerprint density at radius 3 is 2.60 bits per heavy atom. The molecule has 0 amide bonds. The highest BCUT2D eigenvalue weighted by Gasteiger charge is 2.17. The van der Waals surface area contributed by atoms with E-state index in [0.29, 0.717) is 5.56 Å². The lowest BCUT2D eigenvalue weighted by Gasteiger charge is -2.12. The summed E-state index contributed by atoms with van der Waals surface area (Å²) in [5, 5.41) is 27.5. The van der Waals surface area contributed by atoms with E-state index in [1.165, 1.54) is 31.4 Å². The fourth-order valence-electron chi connectivity index (χ4n) is 1.56. The summed E-state index contributed by atoms with van der Waals surface area (Å²) in [5.41, 5.74) is 0.515. The van der Waals surface area contributed by atoms with Crippen molar-refractivity contribution in [2.24, 2.45) is 0 Å². The Morgan fingerprint density at radius 1 is 1.28 bits per heavy atom. The predicted octanol–water partition coefficient (Wildman–Crippen LogP) is 0.742. The van der Waals surface area contributed by atoms with Crippen LogP contribution in [0.4, 0.5) is 0 Å². The van der Waals surface area contributed by atoms with Crippen molar-refractivity contribution in [1.82, 2.24) is 0 Å². The smallest absolute Gasteiger partial charge is 0.330 e. The minimum atomic E-state index is -1.45. The summed E-state index contributed by atoms with van der Waals surface area (Å²) in [4.78, 5) is 40.0. The minimum Gasteiger partial charge on any atom is -0.504 e. The summed E-state index contributed by atoms with van der Waals surface area (Å²) in [6.45, 7) is -1.41. The SMILES string of the molecule is COc1cc(C=CC(=O)OCC(CO[N+](=O)[O-])O[N+](=O)[O-])ccc1O. The second kappa shape index (κ2) is 9.54. The third-order valence-electron chi connectivity index (χ3n) is 2.63. The Balaban J connectivity index is 2.58. The molecule has 0 bridgehead atoms. The molecular weight excluding hydrogens is 344 g/mol. The molecule has 25 heavy (non-hydrogen) atoms. The molecule has 0 aliphatic carbocycles. The molecule has 0 aromatic heterocycles. The first-order chi connectivity index (χ1) is 11.8. The van der Waals surface area contributed by atoms with Gasteiger partial charge in [0, 0.05) is 6.08 Å². The van der Waals surface area contributed by atoms with Crippen LogP contribution in [0.2, 0.25) is 0 Å². The van der Waals surface area contributed by atoms with Gasteiger partial charge in [0.15, 0.2) is 17.6 Å². The van der Waals surface area contributed by atoms with Gasteiger partial charge >= 0.3 is 5.97 Å². The lowest BCUT2D eigenvalue weighted by Crippen LogP contribution is -2.30. The third kappa shape index (κ3) is 7.49. The molecule has 0 aliphatic rings. The molecule has 1 aromatic rings. The van der Waals surface area contributed by atoms with Crippen LogP contribution in [-0.2, 0) is 19.2 Å². The summed E-state index contributed by atoms with van der Waals surface area (Å²) < 4.78 is 9.61. The molecule has 0 heterocycles. The molecule has 136 valence electrons. The highest BCUT2D eigenvalue weighted by atomic mass is 17.0. The molecule has 1 unspecified atom stereocenters. The second-order valence-corrected chi connectivity index (χ2v) is 4.37. The van der Waals surface area contributed by atoms with E-state index in [4.69, 9.17) is 9.47 Å². The lowest BCUT2D eigenvalue weighted by molar-refractivity contribution is -0.790. The quantitative estimate of drug-likeness (QED) is 0.273. The van der Waals surface area contributed by atoms with Gasteiger partial charge in [-0.1, -0.05) is 6.07 Å². The Bertz CT molecular complexity index is 660. The van der Waals surface area contributed by atoms with E-state index in [1.54, 1.807) is 0 Å². The van der Waals surface area contributed by atoms with Gasteiger partial charge < -0.3 is 24.3 Å². The van der Waals surface area contributed by atoms with Gasteiger partial charge in [-0.2, -0.15) is 0 Å². The molecule has 0 fully saturated rings. The molecule has 0 radical (unpaired) electrons. The Labute approximate surface area is 140 Å². The van der Waals surface area contributed by atoms with Gasteiger partial charge in [0.2, 0.25) is 0 Å². The number of phenolic OH excluding ortho intramolecular Hbond substituents is 1. The monoisotopic (exact) mass is 358 g/mol. The Hall–Kier alpha value is -3.57. The van der Waals surface area contributed by atoms with Crippen molar-refractivity contribution in [2.45, 2.75) is 6.10 Å². The fourth-order valence-corrected chi connectivity index (χ4v) is 1.56. The van der Waals surface area contributed by atoms with Crippen LogP contribution in [0.1, 0.15) is 5.56 Å². The topological polar surface area (TPSA) is 160 Å². The van der Waals surface area contributed by atoms with Crippen molar-refractivity contribution in [3.8, 4) is 11.5 Å². The summed E-state index contributed by atoms with van der Waals surface area (Å²) >= 11 is 0. The normalized spacial score (nSPS) is 11.6. The number of phenols is 1. The van der Waals surface area contributed by atoms with Gasteiger partial charge in [0.05, 0.1) is 7.11 Å². The van der Waals surface area contributed by atoms with Crippen molar-refractivity contribution in [2.75, 3.05) is 20.3 Å². The zero-order chi connectivity index (χ0) is 18.8. The van der Waals surface area contributed by atoms with E-state index in [-0.39, 0.29) is 11.5 Å². The number of methoxy groups -OCH3 is 1. The highest BCUT2D eigenvalue weighted by molar-refractivity contribution is 5.87. The first-order valence-electron chi connectivity index (χ1n) is 6.62. The minimum absolute atomic E-state index is 0.0761. The highest BCUT2D eigenvalue weighted by Crippen LogP contribution is 2.26. The lowest BCUT2D eigenvalue weighted by atomic mass is 10.2. The van der Waals surface area contributed by atoms with Crippen molar-refractivity contribution in [1.29, 1.82) is 0 Å². The number of ether oxygens (including phenoxy) is 2. The first-order valence-corrected chi connectivity index (χ1v) is 6.62. The van der Waals surface area contributed by atoms with Crippen molar-refractivity contribution >= 4 is 12.0 Å². The van der Waals surface area contributed by atoms with Crippen LogP contribution >= 0.6 is 0 Å². The zero-order valence-corrected chi connectivity index (χ0v) is 12.9. The summed E-state index contributed by atoms with van der Waals surface area (Å²) in [6.07, 6.45) is 0.913. The molecule has 1 rings (SSSR count). The van der Waals surface area contributed by atoms with Crippen molar-refractivity contribution in [3.63, 3.8) is 0 Å². The number of aromatic hydroxyl groups is 1. The molecule has 0 saturated carbocycles. The van der Waals surface area contributed by atoms with E-state index in [2.05, 4.69) is 9.68 Å². The fraction of sp³-hybridized carbons (Fsp3) is 0.308. The average Bonchev–Trinajstić information content (AvgIpc) is 2.56. The Morgan fingerprint density at radius 2 is 2.00 bits per heavy atom. The summed E-state index contributed by atoms with van der Waals surface area (Å²) in [5.74, 6) is -0.746. The zero-order valence-electron chi connectivity index (χ0n) is 12.9. The van der Waals surface area contributed by atoms with Gasteiger partial charge in [-0.3, -0.25) is 0 Å². The van der Waals surface area contributed by atoms with Crippen LogP contribution in [0, 0.1) is 20.2 Å². The van der Waals surface area contributed by atoms with Crippen LogP contribution in [0.25, 0.3) is 6.08 Å². The molecule has 1 N–H and O–H groups in total. The number of hydrogen-bond donors (Lipinski definition) is 1. The maximum atomic E-state index is 11.6. The number of nitrogens with zero attached hydrogens (tertiary/aromatic N) is 2. The van der Waals surface area contributed by atoms with Crippen LogP contribution in [0.15, 0.2) is 24.3 Å². The molecule has 12 heteroatoms. The molecule has 1 atom stereocenters. The number of esters is 1. The van der Waals surface area contributed by atoms with Crippen LogP contribution < -0.4 is 4.74 Å². The number of hydrogen-bond acceptors (Lipinski definition) is 10.